The van der Waals surface area contributed by atoms with Crippen molar-refractivity contribution in [2.24, 2.45) is 5.41 Å². The van der Waals surface area contributed by atoms with Gasteiger partial charge in [0.05, 0.1) is 19.3 Å². The molecule has 2 fully saturated rings. The number of likely N-dealkylation sites (tertiary alicyclic amines) is 2. The zero-order valence-corrected chi connectivity index (χ0v) is 13.6. The number of hydrogen-bond acceptors (Lipinski definition) is 4. The molecule has 0 radical (unpaired) electrons. The Kier molecular flexibility index (Phi) is 4.54. The Morgan fingerprint density at radius 1 is 1.45 bits per heavy atom. The number of ether oxygens (including phenoxy) is 1. The van der Waals surface area contributed by atoms with Crippen molar-refractivity contribution in [1.82, 2.24) is 9.80 Å². The molecule has 0 N–H and O–H groups in total. The molecule has 1 aromatic rings. The highest BCUT2D eigenvalue weighted by molar-refractivity contribution is 5.78. The molecule has 0 saturated carbocycles. The third kappa shape index (κ3) is 3.20. The van der Waals surface area contributed by atoms with E-state index in [2.05, 4.69) is 11.9 Å². The number of nitrogens with zero attached hydrogens (tertiary/aromatic N) is 2. The molecule has 3 rings (SSSR count). The van der Waals surface area contributed by atoms with E-state index in [-0.39, 0.29) is 5.91 Å². The lowest BCUT2D eigenvalue weighted by molar-refractivity contribution is -0.133. The quantitative estimate of drug-likeness (QED) is 0.851. The highest BCUT2D eigenvalue weighted by Crippen LogP contribution is 2.42. The third-order valence-corrected chi connectivity index (χ3v) is 5.32. The molecule has 3 heterocycles. The molecule has 0 bridgehead atoms. The van der Waals surface area contributed by atoms with Gasteiger partial charge in [-0.25, -0.2) is 0 Å². The summed E-state index contributed by atoms with van der Waals surface area (Å²) in [5.41, 5.74) is 0.374. The molecule has 2 aliphatic rings. The van der Waals surface area contributed by atoms with Crippen LogP contribution >= 0.6 is 0 Å². The van der Waals surface area contributed by atoms with Gasteiger partial charge in [0.1, 0.15) is 5.76 Å². The van der Waals surface area contributed by atoms with Crippen LogP contribution < -0.4 is 0 Å². The largest absolute Gasteiger partial charge is 0.469 e. The van der Waals surface area contributed by atoms with Crippen LogP contribution in [0, 0.1) is 5.41 Å². The maximum atomic E-state index is 12.3. The molecule has 2 aliphatic heterocycles. The lowest BCUT2D eigenvalue weighted by Crippen LogP contribution is -2.44. The first-order chi connectivity index (χ1) is 10.6. The van der Waals surface area contributed by atoms with Crippen molar-refractivity contribution < 1.29 is 13.9 Å². The minimum Gasteiger partial charge on any atom is -0.469 e. The van der Waals surface area contributed by atoms with Gasteiger partial charge in [0.25, 0.3) is 0 Å². The summed E-state index contributed by atoms with van der Waals surface area (Å²) < 4.78 is 10.6. The standard InChI is InChI=1S/C17H26N2O3/c1-18-13-17(11-14(18)12-21-2)5-7-19(8-6-17)16(20)10-15-4-3-9-22-15/h3-4,9,14H,5-8,10-13H2,1-2H3. The summed E-state index contributed by atoms with van der Waals surface area (Å²) in [7, 11) is 3.96. The number of likely N-dealkylation sites (N-methyl/N-ethyl adjacent to an activating group) is 1. The summed E-state index contributed by atoms with van der Waals surface area (Å²) in [6.45, 7) is 3.67. The van der Waals surface area contributed by atoms with Crippen LogP contribution in [0.5, 0.6) is 0 Å². The molecular weight excluding hydrogens is 280 g/mol. The van der Waals surface area contributed by atoms with Crippen molar-refractivity contribution in [1.29, 1.82) is 0 Å². The van der Waals surface area contributed by atoms with Gasteiger partial charge in [0.2, 0.25) is 5.91 Å². The van der Waals surface area contributed by atoms with Crippen molar-refractivity contribution in [3.8, 4) is 0 Å². The predicted molar refractivity (Wildman–Crippen MR) is 83.6 cm³/mol. The SMILES string of the molecule is COCC1CC2(CCN(C(=O)Cc3ccco3)CC2)CN1C. The Labute approximate surface area is 132 Å². The van der Waals surface area contributed by atoms with E-state index in [1.165, 1.54) is 6.42 Å². The third-order valence-electron chi connectivity index (χ3n) is 5.32. The lowest BCUT2D eigenvalue weighted by atomic mass is 9.76. The maximum absolute atomic E-state index is 12.3. The second-order valence-electron chi connectivity index (χ2n) is 6.87. The van der Waals surface area contributed by atoms with Crippen LogP contribution in [0.15, 0.2) is 22.8 Å². The smallest absolute Gasteiger partial charge is 0.230 e. The van der Waals surface area contributed by atoms with Crippen molar-refractivity contribution in [3.05, 3.63) is 24.2 Å². The van der Waals surface area contributed by atoms with Crippen LogP contribution in [0.3, 0.4) is 0 Å². The summed E-state index contributed by atoms with van der Waals surface area (Å²) in [4.78, 5) is 16.8. The first-order valence-electron chi connectivity index (χ1n) is 8.11. The topological polar surface area (TPSA) is 45.9 Å². The fourth-order valence-corrected chi connectivity index (χ4v) is 4.02. The zero-order valence-electron chi connectivity index (χ0n) is 13.6. The van der Waals surface area contributed by atoms with Crippen LogP contribution in [0.25, 0.3) is 0 Å². The fourth-order valence-electron chi connectivity index (χ4n) is 4.02. The molecule has 1 spiro atoms. The second kappa shape index (κ2) is 6.42. The Hall–Kier alpha value is -1.33. The number of carbonyl (C=O) groups excluding carboxylic acids is 1. The summed E-state index contributed by atoms with van der Waals surface area (Å²) in [6, 6.07) is 4.22. The van der Waals surface area contributed by atoms with E-state index < -0.39 is 0 Å². The molecule has 22 heavy (non-hydrogen) atoms. The maximum Gasteiger partial charge on any atom is 0.230 e. The monoisotopic (exact) mass is 306 g/mol. The Balaban J connectivity index is 1.53. The van der Waals surface area contributed by atoms with Gasteiger partial charge in [-0.3, -0.25) is 4.79 Å². The van der Waals surface area contributed by atoms with E-state index in [0.717, 1.165) is 44.8 Å². The molecule has 0 aromatic carbocycles. The summed E-state index contributed by atoms with van der Waals surface area (Å²) in [5, 5.41) is 0. The van der Waals surface area contributed by atoms with Crippen LogP contribution in [0.4, 0.5) is 0 Å². The highest BCUT2D eigenvalue weighted by atomic mass is 16.5. The molecule has 122 valence electrons. The van der Waals surface area contributed by atoms with Gasteiger partial charge in [0, 0.05) is 32.8 Å². The average Bonchev–Trinajstić information content (AvgIpc) is 3.09. The summed E-state index contributed by atoms with van der Waals surface area (Å²) >= 11 is 0. The molecule has 5 nitrogen and oxygen atoms in total. The van der Waals surface area contributed by atoms with Gasteiger partial charge in [-0.2, -0.15) is 0 Å². The van der Waals surface area contributed by atoms with Crippen LogP contribution in [0.2, 0.25) is 0 Å². The van der Waals surface area contributed by atoms with Crippen molar-refractivity contribution >= 4 is 5.91 Å². The Morgan fingerprint density at radius 3 is 2.86 bits per heavy atom. The van der Waals surface area contributed by atoms with Gasteiger partial charge >= 0.3 is 0 Å². The minimum absolute atomic E-state index is 0.185. The molecule has 1 unspecified atom stereocenters. The number of piperidine rings is 1. The van der Waals surface area contributed by atoms with E-state index in [0.29, 0.717) is 17.9 Å². The Morgan fingerprint density at radius 2 is 2.23 bits per heavy atom. The number of rotatable bonds is 4. The normalized spacial score (nSPS) is 25.0. The second-order valence-corrected chi connectivity index (χ2v) is 6.87. The molecule has 1 amide bonds. The van der Waals surface area contributed by atoms with Gasteiger partial charge in [-0.05, 0) is 43.9 Å². The number of amides is 1. The molecular formula is C17H26N2O3. The van der Waals surface area contributed by atoms with Crippen molar-refractivity contribution in [2.75, 3.05) is 40.4 Å². The fraction of sp³-hybridized carbons (Fsp3) is 0.706. The van der Waals surface area contributed by atoms with Crippen molar-refractivity contribution in [3.63, 3.8) is 0 Å². The first kappa shape index (κ1) is 15.6. The molecule has 1 atom stereocenters. The predicted octanol–water partition coefficient (Wildman–Crippen LogP) is 1.78. The van der Waals surface area contributed by atoms with E-state index in [4.69, 9.17) is 9.15 Å². The van der Waals surface area contributed by atoms with E-state index in [9.17, 15) is 4.79 Å². The van der Waals surface area contributed by atoms with E-state index in [1.54, 1.807) is 13.4 Å². The number of carbonyl (C=O) groups is 1. The van der Waals surface area contributed by atoms with Gasteiger partial charge in [-0.15, -0.1) is 0 Å². The Bertz CT molecular complexity index is 492. The molecule has 1 aromatic heterocycles. The average molecular weight is 306 g/mol. The van der Waals surface area contributed by atoms with Crippen LogP contribution in [-0.2, 0) is 16.0 Å². The zero-order chi connectivity index (χ0) is 15.6. The molecule has 0 aliphatic carbocycles. The number of furan rings is 1. The van der Waals surface area contributed by atoms with Crippen molar-refractivity contribution in [2.45, 2.75) is 31.7 Å². The van der Waals surface area contributed by atoms with Gasteiger partial charge in [-0.1, -0.05) is 0 Å². The van der Waals surface area contributed by atoms with E-state index >= 15 is 0 Å². The highest BCUT2D eigenvalue weighted by Gasteiger charge is 2.44. The van der Waals surface area contributed by atoms with Gasteiger partial charge in [0.15, 0.2) is 0 Å². The summed E-state index contributed by atoms with van der Waals surface area (Å²) in [6.07, 6.45) is 5.39. The lowest BCUT2D eigenvalue weighted by Gasteiger charge is -2.39. The number of methoxy groups -OCH3 is 1. The minimum atomic E-state index is 0.185. The summed E-state index contributed by atoms with van der Waals surface area (Å²) in [5.74, 6) is 0.940. The molecule has 2 saturated heterocycles. The first-order valence-corrected chi connectivity index (χ1v) is 8.11. The van der Waals surface area contributed by atoms with Crippen LogP contribution in [-0.4, -0.2) is 62.1 Å². The van der Waals surface area contributed by atoms with Crippen LogP contribution in [0.1, 0.15) is 25.0 Å². The van der Waals surface area contributed by atoms with Gasteiger partial charge < -0.3 is 19.0 Å². The molecule has 5 heteroatoms. The van der Waals surface area contributed by atoms with E-state index in [1.807, 2.05) is 17.0 Å². The number of hydrogen-bond donors (Lipinski definition) is 0.